The lowest BCUT2D eigenvalue weighted by Crippen LogP contribution is -2.24. The van der Waals surface area contributed by atoms with Crippen LogP contribution in [-0.2, 0) is 11.3 Å². The summed E-state index contributed by atoms with van der Waals surface area (Å²) in [6.45, 7) is 5.41. The molecule has 2 heterocycles. The topological polar surface area (TPSA) is 93.2 Å². The molecule has 0 aliphatic rings. The fourth-order valence-electron chi connectivity index (χ4n) is 2.22. The third kappa shape index (κ3) is 7.10. The molecule has 0 atom stereocenters. The molecule has 0 aliphatic carbocycles. The lowest BCUT2D eigenvalue weighted by Gasteiger charge is -2.13. The molecule has 0 aliphatic heterocycles. The molecule has 2 rings (SSSR count). The summed E-state index contributed by atoms with van der Waals surface area (Å²) in [7, 11) is 0. The molecule has 0 fully saturated rings. The van der Waals surface area contributed by atoms with Crippen molar-refractivity contribution in [3.8, 4) is 5.88 Å². The third-order valence-corrected chi connectivity index (χ3v) is 3.88. The van der Waals surface area contributed by atoms with Crippen LogP contribution in [0.4, 0.5) is 14.6 Å². The Morgan fingerprint density at radius 3 is 2.59 bits per heavy atom. The highest BCUT2D eigenvalue weighted by Crippen LogP contribution is 2.17. The van der Waals surface area contributed by atoms with E-state index in [2.05, 4.69) is 20.6 Å². The highest BCUT2D eigenvalue weighted by molar-refractivity contribution is 5.96. The second kappa shape index (κ2) is 9.40. The number of nitrogens with one attached hydrogen (secondary N) is 2. The zero-order valence-corrected chi connectivity index (χ0v) is 16.8. The van der Waals surface area contributed by atoms with Gasteiger partial charge in [0.15, 0.2) is 6.61 Å². The summed E-state index contributed by atoms with van der Waals surface area (Å²) in [6.07, 6.45) is 1.44. The number of ether oxygens (including phenoxy) is 1. The Morgan fingerprint density at radius 1 is 1.24 bits per heavy atom. The number of halogens is 2. The maximum atomic E-state index is 12.9. The number of carbonyl (C=O) groups is 2. The van der Waals surface area contributed by atoms with E-state index >= 15 is 0 Å². The normalized spacial score (nSPS) is 11.3. The van der Waals surface area contributed by atoms with Crippen molar-refractivity contribution >= 4 is 17.6 Å². The number of alkyl halides is 2. The van der Waals surface area contributed by atoms with Gasteiger partial charge in [0.25, 0.3) is 11.8 Å². The van der Waals surface area contributed by atoms with E-state index in [0.717, 1.165) is 12.5 Å². The fraction of sp³-hybridized carbons (Fsp3) is 0.400. The zero-order chi connectivity index (χ0) is 21.6. The van der Waals surface area contributed by atoms with Gasteiger partial charge in [-0.3, -0.25) is 9.59 Å². The van der Waals surface area contributed by atoms with E-state index in [1.165, 1.54) is 24.4 Å². The summed E-state index contributed by atoms with van der Waals surface area (Å²) in [6, 6.07) is 6.16. The molecule has 0 bridgehead atoms. The maximum Gasteiger partial charge on any atom is 0.278 e. The van der Waals surface area contributed by atoms with Crippen molar-refractivity contribution < 1.29 is 23.1 Å². The highest BCUT2D eigenvalue weighted by Gasteiger charge is 2.22. The van der Waals surface area contributed by atoms with Crippen LogP contribution in [0.2, 0.25) is 0 Å². The number of nitrogens with zero attached hydrogens (tertiary/aromatic N) is 2. The number of anilines is 1. The molecule has 2 aromatic rings. The van der Waals surface area contributed by atoms with E-state index in [-0.39, 0.29) is 30.2 Å². The number of hydrogen-bond acceptors (Lipinski definition) is 5. The van der Waals surface area contributed by atoms with Crippen molar-refractivity contribution in [3.05, 3.63) is 47.3 Å². The van der Waals surface area contributed by atoms with Gasteiger partial charge in [0, 0.05) is 42.9 Å². The van der Waals surface area contributed by atoms with Gasteiger partial charge in [-0.05, 0) is 24.6 Å². The third-order valence-electron chi connectivity index (χ3n) is 3.88. The van der Waals surface area contributed by atoms with Crippen molar-refractivity contribution in [2.75, 3.05) is 11.9 Å². The molecule has 2 aromatic heterocycles. The van der Waals surface area contributed by atoms with Crippen LogP contribution in [0.25, 0.3) is 0 Å². The molecule has 0 radical (unpaired) electrons. The molecule has 7 nitrogen and oxygen atoms in total. The average molecular weight is 406 g/mol. The van der Waals surface area contributed by atoms with Crippen LogP contribution in [0, 0.1) is 12.8 Å². The Kier molecular flexibility index (Phi) is 7.19. The number of amides is 2. The summed E-state index contributed by atoms with van der Waals surface area (Å²) in [5.41, 5.74) is 1.62. The van der Waals surface area contributed by atoms with Gasteiger partial charge < -0.3 is 15.4 Å². The van der Waals surface area contributed by atoms with E-state index in [4.69, 9.17) is 4.74 Å². The maximum absolute atomic E-state index is 12.9. The minimum atomic E-state index is -2.94. The van der Waals surface area contributed by atoms with Gasteiger partial charge in [-0.1, -0.05) is 19.9 Å². The first-order valence-electron chi connectivity index (χ1n) is 9.07. The number of carbonyl (C=O) groups excluding carboxylic acids is 2. The summed E-state index contributed by atoms with van der Waals surface area (Å²) in [5, 5.41) is 5.40. The largest absolute Gasteiger partial charge is 0.471 e. The van der Waals surface area contributed by atoms with Gasteiger partial charge in [-0.2, -0.15) is 0 Å². The lowest BCUT2D eigenvalue weighted by atomic mass is 10.2. The first kappa shape index (κ1) is 22.2. The van der Waals surface area contributed by atoms with Crippen molar-refractivity contribution in [1.29, 1.82) is 0 Å². The van der Waals surface area contributed by atoms with Gasteiger partial charge >= 0.3 is 0 Å². The molecule has 0 saturated carbocycles. The lowest BCUT2D eigenvalue weighted by molar-refractivity contribution is -0.118. The van der Waals surface area contributed by atoms with Crippen molar-refractivity contribution in [1.82, 2.24) is 15.3 Å². The molecule has 0 aromatic carbocycles. The van der Waals surface area contributed by atoms with Crippen molar-refractivity contribution in [2.24, 2.45) is 5.92 Å². The van der Waals surface area contributed by atoms with Gasteiger partial charge in [-0.25, -0.2) is 18.7 Å². The SMILES string of the molecule is Cc1nc(OCC(C)(F)F)ccc1CNC(=O)c1ccnc(NC(=O)C(C)C)c1. The molecular weight excluding hydrogens is 382 g/mol. The first-order chi connectivity index (χ1) is 13.5. The summed E-state index contributed by atoms with van der Waals surface area (Å²) < 4.78 is 30.7. The summed E-state index contributed by atoms with van der Waals surface area (Å²) in [4.78, 5) is 32.3. The molecule has 0 unspecified atom stereocenters. The molecule has 9 heteroatoms. The van der Waals surface area contributed by atoms with Crippen molar-refractivity contribution in [2.45, 2.75) is 40.2 Å². The molecule has 2 amide bonds. The summed E-state index contributed by atoms with van der Waals surface area (Å²) in [5.74, 6) is -3.31. The minimum Gasteiger partial charge on any atom is -0.471 e. The van der Waals surface area contributed by atoms with E-state index in [1.807, 2.05) is 0 Å². The van der Waals surface area contributed by atoms with Crippen LogP contribution < -0.4 is 15.4 Å². The smallest absolute Gasteiger partial charge is 0.278 e. The molecule has 0 saturated heterocycles. The summed E-state index contributed by atoms with van der Waals surface area (Å²) >= 11 is 0. The Balaban J connectivity index is 1.97. The molecule has 156 valence electrons. The Morgan fingerprint density at radius 2 is 1.97 bits per heavy atom. The second-order valence-corrected chi connectivity index (χ2v) is 7.01. The Bertz CT molecular complexity index is 882. The predicted octanol–water partition coefficient (Wildman–Crippen LogP) is 3.34. The molecule has 0 spiro atoms. The molecule has 2 N–H and O–H groups in total. The Labute approximate surface area is 167 Å². The van der Waals surface area contributed by atoms with E-state index in [9.17, 15) is 18.4 Å². The molecular formula is C20H24F2N4O3. The van der Waals surface area contributed by atoms with Crippen LogP contribution in [0.5, 0.6) is 5.88 Å². The number of aromatic nitrogens is 2. The Hall–Kier alpha value is -3.10. The number of hydrogen-bond donors (Lipinski definition) is 2. The highest BCUT2D eigenvalue weighted by atomic mass is 19.3. The van der Waals surface area contributed by atoms with E-state index < -0.39 is 12.5 Å². The zero-order valence-electron chi connectivity index (χ0n) is 16.8. The quantitative estimate of drug-likeness (QED) is 0.701. The van der Waals surface area contributed by atoms with Crippen LogP contribution in [0.3, 0.4) is 0 Å². The van der Waals surface area contributed by atoms with Crippen LogP contribution >= 0.6 is 0 Å². The van der Waals surface area contributed by atoms with Gasteiger partial charge in [0.05, 0.1) is 0 Å². The minimum absolute atomic E-state index is 0.0961. The van der Waals surface area contributed by atoms with Crippen LogP contribution in [0.15, 0.2) is 30.5 Å². The van der Waals surface area contributed by atoms with Gasteiger partial charge in [0.1, 0.15) is 5.82 Å². The van der Waals surface area contributed by atoms with E-state index in [1.54, 1.807) is 26.8 Å². The number of aryl methyl sites for hydroxylation is 1. The average Bonchev–Trinajstić information content (AvgIpc) is 2.65. The molecule has 29 heavy (non-hydrogen) atoms. The number of pyridine rings is 2. The predicted molar refractivity (Wildman–Crippen MR) is 104 cm³/mol. The van der Waals surface area contributed by atoms with Crippen LogP contribution in [0.1, 0.15) is 42.4 Å². The monoisotopic (exact) mass is 406 g/mol. The van der Waals surface area contributed by atoms with E-state index in [0.29, 0.717) is 17.1 Å². The van der Waals surface area contributed by atoms with Crippen LogP contribution in [-0.4, -0.2) is 34.3 Å². The van der Waals surface area contributed by atoms with Gasteiger partial charge in [0.2, 0.25) is 11.8 Å². The van der Waals surface area contributed by atoms with Gasteiger partial charge in [-0.15, -0.1) is 0 Å². The number of rotatable bonds is 8. The second-order valence-electron chi connectivity index (χ2n) is 7.01. The fourth-order valence-corrected chi connectivity index (χ4v) is 2.22. The standard InChI is InChI=1S/C20H24F2N4O3/c1-12(2)18(27)26-16-9-14(7-8-23-16)19(28)24-10-15-5-6-17(25-13(15)3)29-11-20(4,21)22/h5-9,12H,10-11H2,1-4H3,(H,24,28)(H,23,26,27). The first-order valence-corrected chi connectivity index (χ1v) is 9.07. The van der Waals surface area contributed by atoms with Crippen molar-refractivity contribution in [3.63, 3.8) is 0 Å².